The highest BCUT2D eigenvalue weighted by Gasteiger charge is 2.43. The maximum absolute atomic E-state index is 13.1. The molecule has 0 radical (unpaired) electrons. The molecule has 0 unspecified atom stereocenters. The molecule has 136 valence electrons. The van der Waals surface area contributed by atoms with Crippen molar-refractivity contribution < 1.29 is 13.9 Å². The molecule has 0 saturated carbocycles. The van der Waals surface area contributed by atoms with Gasteiger partial charge in [-0.3, -0.25) is 0 Å². The summed E-state index contributed by atoms with van der Waals surface area (Å²) in [5, 5.41) is 0. The summed E-state index contributed by atoms with van der Waals surface area (Å²) in [4.78, 5) is 4.12. The number of ether oxygens (including phenoxy) is 2. The molecule has 0 bridgehead atoms. The van der Waals surface area contributed by atoms with E-state index in [4.69, 9.17) is 9.47 Å². The van der Waals surface area contributed by atoms with E-state index in [0.717, 1.165) is 31.2 Å². The van der Waals surface area contributed by atoms with Gasteiger partial charge in [0.05, 0.1) is 26.1 Å². The average Bonchev–Trinajstić information content (AvgIpc) is 3.15. The Hall–Kier alpha value is -1.72. The average molecular weight is 346 g/mol. The first kappa shape index (κ1) is 18.1. The van der Waals surface area contributed by atoms with Crippen LogP contribution in [0.1, 0.15) is 38.7 Å². The van der Waals surface area contributed by atoms with Crippen molar-refractivity contribution in [1.29, 1.82) is 0 Å². The van der Waals surface area contributed by atoms with Crippen LogP contribution in [-0.4, -0.2) is 28.6 Å². The van der Waals surface area contributed by atoms with E-state index in [2.05, 4.69) is 18.8 Å². The second-order valence-electron chi connectivity index (χ2n) is 7.06. The third-order valence-corrected chi connectivity index (χ3v) is 5.47. The highest BCUT2D eigenvalue weighted by Crippen LogP contribution is 2.38. The largest absolute Gasteiger partial charge is 0.347 e. The number of aromatic nitrogens is 2. The summed E-state index contributed by atoms with van der Waals surface area (Å²) in [5.41, 5.74) is 1.19. The molecule has 1 aromatic heterocycles. The number of nitrogens with zero attached hydrogens (tertiary/aromatic N) is 2. The lowest BCUT2D eigenvalue weighted by atomic mass is 9.83. The van der Waals surface area contributed by atoms with Crippen LogP contribution in [0, 0.1) is 11.2 Å². The number of hydrogen-bond acceptors (Lipinski definition) is 3. The summed E-state index contributed by atoms with van der Waals surface area (Å²) in [6, 6.07) is 6.65. The van der Waals surface area contributed by atoms with E-state index in [-0.39, 0.29) is 11.2 Å². The van der Waals surface area contributed by atoms with Gasteiger partial charge < -0.3 is 14.0 Å². The van der Waals surface area contributed by atoms with E-state index in [1.54, 1.807) is 12.5 Å². The number of aryl methyl sites for hydroxylation is 1. The normalized spacial score (nSPS) is 19.0. The molecule has 25 heavy (non-hydrogen) atoms. The fourth-order valence-corrected chi connectivity index (χ4v) is 3.27. The molecule has 3 rings (SSSR count). The zero-order chi connectivity index (χ0) is 17.8. The van der Waals surface area contributed by atoms with Gasteiger partial charge >= 0.3 is 0 Å². The van der Waals surface area contributed by atoms with Crippen molar-refractivity contribution in [1.82, 2.24) is 9.55 Å². The lowest BCUT2D eigenvalue weighted by molar-refractivity contribution is -0.313. The molecule has 0 atom stereocenters. The fourth-order valence-electron chi connectivity index (χ4n) is 3.27. The van der Waals surface area contributed by atoms with Crippen LogP contribution in [0.3, 0.4) is 0 Å². The molecule has 0 N–H and O–H groups in total. The van der Waals surface area contributed by atoms with E-state index in [1.807, 2.05) is 22.9 Å². The quantitative estimate of drug-likeness (QED) is 0.754. The highest BCUT2D eigenvalue weighted by atomic mass is 19.1. The van der Waals surface area contributed by atoms with Crippen LogP contribution in [-0.2, 0) is 22.4 Å². The van der Waals surface area contributed by atoms with Gasteiger partial charge in [0, 0.05) is 24.2 Å². The summed E-state index contributed by atoms with van der Waals surface area (Å²) >= 11 is 0. The molecule has 1 aliphatic heterocycles. The van der Waals surface area contributed by atoms with Crippen molar-refractivity contribution in [3.63, 3.8) is 0 Å². The first-order chi connectivity index (χ1) is 12.1. The zero-order valence-corrected chi connectivity index (χ0v) is 15.1. The SMILES string of the molecule is CCC1(CC)COC(CCc2ccc(F)cc2)(Cn2ccnc2)OC1. The summed E-state index contributed by atoms with van der Waals surface area (Å²) < 4.78 is 27.8. The van der Waals surface area contributed by atoms with Crippen LogP contribution in [0.25, 0.3) is 0 Å². The first-order valence-corrected chi connectivity index (χ1v) is 9.07. The molecule has 2 aromatic rings. The van der Waals surface area contributed by atoms with Crippen LogP contribution in [0.4, 0.5) is 4.39 Å². The predicted molar refractivity (Wildman–Crippen MR) is 94.6 cm³/mol. The topological polar surface area (TPSA) is 36.3 Å². The Kier molecular flexibility index (Phi) is 5.54. The van der Waals surface area contributed by atoms with Crippen LogP contribution < -0.4 is 0 Å². The van der Waals surface area contributed by atoms with Crippen molar-refractivity contribution in [3.8, 4) is 0 Å². The van der Waals surface area contributed by atoms with Gasteiger partial charge in [0.2, 0.25) is 0 Å². The van der Waals surface area contributed by atoms with Gasteiger partial charge in [-0.1, -0.05) is 26.0 Å². The molecule has 1 aromatic carbocycles. The Morgan fingerprint density at radius 1 is 1.12 bits per heavy atom. The molecular weight excluding hydrogens is 319 g/mol. The maximum Gasteiger partial charge on any atom is 0.186 e. The van der Waals surface area contributed by atoms with Gasteiger partial charge in [-0.2, -0.15) is 0 Å². The Labute approximate surface area is 149 Å². The van der Waals surface area contributed by atoms with Crippen LogP contribution in [0.15, 0.2) is 43.0 Å². The van der Waals surface area contributed by atoms with Gasteiger partial charge in [0.1, 0.15) is 5.82 Å². The second-order valence-corrected chi connectivity index (χ2v) is 7.06. The number of rotatable bonds is 7. The Bertz CT molecular complexity index is 641. The summed E-state index contributed by atoms with van der Waals surface area (Å²) in [5.74, 6) is -0.874. The van der Waals surface area contributed by atoms with Crippen molar-refractivity contribution in [3.05, 3.63) is 54.4 Å². The number of halogens is 1. The minimum atomic E-state index is -0.664. The third-order valence-electron chi connectivity index (χ3n) is 5.47. The molecule has 4 nitrogen and oxygen atoms in total. The van der Waals surface area contributed by atoms with Crippen molar-refractivity contribution in [2.75, 3.05) is 13.2 Å². The van der Waals surface area contributed by atoms with Gasteiger partial charge in [-0.05, 0) is 37.0 Å². The number of imidazole rings is 1. The molecule has 0 amide bonds. The Morgan fingerprint density at radius 2 is 1.80 bits per heavy atom. The molecular formula is C20H27FN2O2. The van der Waals surface area contributed by atoms with Gasteiger partial charge in [-0.25, -0.2) is 9.37 Å². The molecule has 5 heteroatoms. The Morgan fingerprint density at radius 3 is 2.36 bits per heavy atom. The summed E-state index contributed by atoms with van der Waals surface area (Å²) in [6.45, 7) is 6.41. The van der Waals surface area contributed by atoms with Crippen LogP contribution in [0.2, 0.25) is 0 Å². The smallest absolute Gasteiger partial charge is 0.186 e. The summed E-state index contributed by atoms with van der Waals surface area (Å²) in [7, 11) is 0. The van der Waals surface area contributed by atoms with E-state index in [9.17, 15) is 4.39 Å². The molecule has 1 saturated heterocycles. The monoisotopic (exact) mass is 346 g/mol. The zero-order valence-electron chi connectivity index (χ0n) is 15.1. The Balaban J connectivity index is 1.72. The van der Waals surface area contributed by atoms with Crippen molar-refractivity contribution in [2.24, 2.45) is 5.41 Å². The van der Waals surface area contributed by atoms with E-state index >= 15 is 0 Å². The minimum absolute atomic E-state index is 0.105. The van der Waals surface area contributed by atoms with Crippen molar-refractivity contribution >= 4 is 0 Å². The minimum Gasteiger partial charge on any atom is -0.347 e. The summed E-state index contributed by atoms with van der Waals surface area (Å²) in [6.07, 6.45) is 9.06. The van der Waals surface area contributed by atoms with Gasteiger partial charge in [0.15, 0.2) is 5.79 Å². The van der Waals surface area contributed by atoms with E-state index in [0.29, 0.717) is 19.8 Å². The standard InChI is InChI=1S/C20H27FN2O2/c1-3-19(4-2)14-24-20(25-15-19,13-23-12-11-22-16-23)10-9-17-5-7-18(21)8-6-17/h5-8,11-12,16H,3-4,9-10,13-15H2,1-2H3. The molecule has 2 heterocycles. The first-order valence-electron chi connectivity index (χ1n) is 9.07. The van der Waals surface area contributed by atoms with Crippen LogP contribution >= 0.6 is 0 Å². The molecule has 0 aliphatic carbocycles. The van der Waals surface area contributed by atoms with Gasteiger partial charge in [0.25, 0.3) is 0 Å². The third kappa shape index (κ3) is 4.28. The fraction of sp³-hybridized carbons (Fsp3) is 0.550. The lowest BCUT2D eigenvalue weighted by Crippen LogP contribution is -2.51. The van der Waals surface area contributed by atoms with Gasteiger partial charge in [-0.15, -0.1) is 0 Å². The lowest BCUT2D eigenvalue weighted by Gasteiger charge is -2.46. The molecule has 1 aliphatic rings. The van der Waals surface area contributed by atoms with Crippen molar-refractivity contribution in [2.45, 2.75) is 51.9 Å². The van der Waals surface area contributed by atoms with Crippen LogP contribution in [0.5, 0.6) is 0 Å². The highest BCUT2D eigenvalue weighted by molar-refractivity contribution is 5.16. The predicted octanol–water partition coefficient (Wildman–Crippen LogP) is 4.20. The second kappa shape index (κ2) is 7.67. The molecule has 0 spiro atoms. The maximum atomic E-state index is 13.1. The number of benzene rings is 1. The van der Waals surface area contributed by atoms with E-state index < -0.39 is 5.79 Å². The van der Waals surface area contributed by atoms with E-state index in [1.165, 1.54) is 12.1 Å². The molecule has 1 fully saturated rings. The number of hydrogen-bond donors (Lipinski definition) is 0.